The molecule has 1 N–H and O–H groups in total. The summed E-state index contributed by atoms with van der Waals surface area (Å²) in [5, 5.41) is 9.49. The first kappa shape index (κ1) is 15.5. The van der Waals surface area contributed by atoms with E-state index >= 15 is 0 Å². The lowest BCUT2D eigenvalue weighted by Crippen LogP contribution is -2.31. The van der Waals surface area contributed by atoms with Gasteiger partial charge < -0.3 is 5.11 Å². The number of aliphatic hydroxyl groups is 1. The molecular weight excluding hydrogens is 274 g/mol. The van der Waals surface area contributed by atoms with Crippen LogP contribution in [0.2, 0.25) is 0 Å². The fourth-order valence-electron chi connectivity index (χ4n) is 2.93. The van der Waals surface area contributed by atoms with Crippen LogP contribution in [0.4, 0.5) is 0 Å². The van der Waals surface area contributed by atoms with Crippen molar-refractivity contribution in [3.05, 3.63) is 29.8 Å². The van der Waals surface area contributed by atoms with Gasteiger partial charge in [0.05, 0.1) is 4.90 Å². The molecule has 2 rings (SSSR count). The molecule has 1 aliphatic heterocycles. The second-order valence-corrected chi connectivity index (χ2v) is 7.70. The van der Waals surface area contributed by atoms with Crippen molar-refractivity contribution >= 4 is 9.84 Å². The van der Waals surface area contributed by atoms with E-state index in [2.05, 4.69) is 4.90 Å². The maximum atomic E-state index is 11.5. The van der Waals surface area contributed by atoms with Gasteiger partial charge in [-0.1, -0.05) is 19.1 Å². The predicted molar refractivity (Wildman–Crippen MR) is 79.3 cm³/mol. The molecule has 0 aromatic heterocycles. The predicted octanol–water partition coefficient (Wildman–Crippen LogP) is 1.86. The Morgan fingerprint density at radius 1 is 1.20 bits per heavy atom. The lowest BCUT2D eigenvalue weighted by molar-refractivity contribution is 0.126. The van der Waals surface area contributed by atoms with Crippen LogP contribution in [-0.4, -0.2) is 44.4 Å². The molecule has 0 aliphatic carbocycles. The van der Waals surface area contributed by atoms with E-state index in [-0.39, 0.29) is 18.6 Å². The number of rotatable bonds is 5. The molecule has 0 radical (unpaired) electrons. The number of likely N-dealkylation sites (tertiary alicyclic amines) is 1. The van der Waals surface area contributed by atoms with Crippen molar-refractivity contribution in [2.45, 2.75) is 30.7 Å². The minimum absolute atomic E-state index is 0.134. The minimum atomic E-state index is -3.15. The van der Waals surface area contributed by atoms with Crippen LogP contribution in [0, 0.1) is 5.92 Å². The Morgan fingerprint density at radius 2 is 1.75 bits per heavy atom. The monoisotopic (exact) mass is 297 g/mol. The zero-order chi connectivity index (χ0) is 14.8. The number of sulfone groups is 1. The van der Waals surface area contributed by atoms with Crippen molar-refractivity contribution in [3.63, 3.8) is 0 Å². The minimum Gasteiger partial charge on any atom is -0.396 e. The molecule has 0 saturated carbocycles. The molecule has 112 valence electrons. The summed E-state index contributed by atoms with van der Waals surface area (Å²) in [7, 11) is -3.15. The second-order valence-electron chi connectivity index (χ2n) is 5.69. The van der Waals surface area contributed by atoms with Gasteiger partial charge in [0.2, 0.25) is 0 Å². The van der Waals surface area contributed by atoms with Crippen molar-refractivity contribution in [2.75, 3.05) is 26.0 Å². The van der Waals surface area contributed by atoms with E-state index in [9.17, 15) is 13.5 Å². The van der Waals surface area contributed by atoms with E-state index in [4.69, 9.17) is 0 Å². The van der Waals surface area contributed by atoms with Gasteiger partial charge in [-0.25, -0.2) is 8.42 Å². The molecule has 1 aromatic rings. The molecule has 0 bridgehead atoms. The smallest absolute Gasteiger partial charge is 0.175 e. The molecule has 1 fully saturated rings. The third-order valence-electron chi connectivity index (χ3n) is 4.01. The summed E-state index contributed by atoms with van der Waals surface area (Å²) >= 11 is 0. The molecule has 1 aromatic carbocycles. The Labute approximate surface area is 121 Å². The average Bonchev–Trinajstić information content (AvgIpc) is 2.92. The van der Waals surface area contributed by atoms with Gasteiger partial charge in [0.15, 0.2) is 9.84 Å². The molecule has 0 amide bonds. The quantitative estimate of drug-likeness (QED) is 0.901. The molecule has 5 heteroatoms. The number of benzene rings is 1. The first-order valence-electron chi connectivity index (χ1n) is 7.08. The Kier molecular flexibility index (Phi) is 4.83. The highest BCUT2D eigenvalue weighted by Crippen LogP contribution is 2.32. The van der Waals surface area contributed by atoms with Crippen LogP contribution < -0.4 is 0 Å². The van der Waals surface area contributed by atoms with Gasteiger partial charge in [0, 0.05) is 18.9 Å². The molecular formula is C15H23NO3S. The number of nitrogens with zero attached hydrogens (tertiary/aromatic N) is 1. The Balaban J connectivity index is 2.29. The van der Waals surface area contributed by atoms with Crippen LogP contribution in [0.1, 0.15) is 31.4 Å². The molecule has 1 heterocycles. The van der Waals surface area contributed by atoms with Crippen LogP contribution >= 0.6 is 0 Å². The zero-order valence-corrected chi connectivity index (χ0v) is 12.9. The summed E-state index contributed by atoms with van der Waals surface area (Å²) in [6.07, 6.45) is 3.60. The highest BCUT2D eigenvalue weighted by molar-refractivity contribution is 7.90. The van der Waals surface area contributed by atoms with Gasteiger partial charge in [-0.2, -0.15) is 0 Å². The third-order valence-corrected chi connectivity index (χ3v) is 5.14. The van der Waals surface area contributed by atoms with E-state index in [1.54, 1.807) is 12.1 Å². The molecule has 1 aliphatic rings. The van der Waals surface area contributed by atoms with Gasteiger partial charge in [-0.3, -0.25) is 4.90 Å². The van der Waals surface area contributed by atoms with Crippen molar-refractivity contribution in [1.29, 1.82) is 0 Å². The van der Waals surface area contributed by atoms with E-state index in [0.717, 1.165) is 18.7 Å². The topological polar surface area (TPSA) is 57.6 Å². The van der Waals surface area contributed by atoms with E-state index in [1.165, 1.54) is 19.1 Å². The molecule has 1 saturated heterocycles. The van der Waals surface area contributed by atoms with Crippen LogP contribution in [0.5, 0.6) is 0 Å². The van der Waals surface area contributed by atoms with Crippen molar-refractivity contribution in [2.24, 2.45) is 5.92 Å². The van der Waals surface area contributed by atoms with Crippen LogP contribution in [-0.2, 0) is 9.84 Å². The Morgan fingerprint density at radius 3 is 2.20 bits per heavy atom. The summed E-state index contributed by atoms with van der Waals surface area (Å²) in [5.41, 5.74) is 1.08. The average molecular weight is 297 g/mol. The lowest BCUT2D eigenvalue weighted by Gasteiger charge is -2.32. The number of aliphatic hydroxyl groups excluding tert-OH is 1. The van der Waals surface area contributed by atoms with Crippen LogP contribution in [0.15, 0.2) is 29.2 Å². The van der Waals surface area contributed by atoms with Crippen LogP contribution in [0.25, 0.3) is 0 Å². The fourth-order valence-corrected chi connectivity index (χ4v) is 3.56. The van der Waals surface area contributed by atoms with Gasteiger partial charge in [-0.15, -0.1) is 0 Å². The molecule has 2 atom stereocenters. The molecule has 0 spiro atoms. The van der Waals surface area contributed by atoms with Gasteiger partial charge in [-0.05, 0) is 49.5 Å². The molecule has 4 nitrogen and oxygen atoms in total. The number of hydrogen-bond acceptors (Lipinski definition) is 4. The summed E-state index contributed by atoms with van der Waals surface area (Å²) in [4.78, 5) is 2.73. The molecule has 2 unspecified atom stereocenters. The zero-order valence-electron chi connectivity index (χ0n) is 12.1. The van der Waals surface area contributed by atoms with Gasteiger partial charge in [0.25, 0.3) is 0 Å². The van der Waals surface area contributed by atoms with E-state index in [1.807, 2.05) is 19.1 Å². The van der Waals surface area contributed by atoms with Crippen molar-refractivity contribution in [3.8, 4) is 0 Å². The Hall–Kier alpha value is -0.910. The van der Waals surface area contributed by atoms with Crippen molar-refractivity contribution < 1.29 is 13.5 Å². The number of hydrogen-bond donors (Lipinski definition) is 1. The van der Waals surface area contributed by atoms with Crippen LogP contribution in [0.3, 0.4) is 0 Å². The maximum absolute atomic E-state index is 11.5. The Bertz CT molecular complexity index is 533. The van der Waals surface area contributed by atoms with Gasteiger partial charge >= 0.3 is 0 Å². The fraction of sp³-hybridized carbons (Fsp3) is 0.600. The van der Waals surface area contributed by atoms with Gasteiger partial charge in [0.1, 0.15) is 0 Å². The van der Waals surface area contributed by atoms with Crippen molar-refractivity contribution in [1.82, 2.24) is 4.90 Å². The normalized spacial score (nSPS) is 19.9. The van der Waals surface area contributed by atoms with E-state index in [0.29, 0.717) is 4.90 Å². The van der Waals surface area contributed by atoms with E-state index < -0.39 is 9.84 Å². The second kappa shape index (κ2) is 6.24. The highest BCUT2D eigenvalue weighted by Gasteiger charge is 2.28. The summed E-state index contributed by atoms with van der Waals surface area (Å²) in [5.74, 6) is 0.136. The first-order chi connectivity index (χ1) is 9.43. The summed E-state index contributed by atoms with van der Waals surface area (Å²) in [6.45, 7) is 4.26. The maximum Gasteiger partial charge on any atom is 0.175 e. The first-order valence-corrected chi connectivity index (χ1v) is 8.97. The highest BCUT2D eigenvalue weighted by atomic mass is 32.2. The summed E-state index contributed by atoms with van der Waals surface area (Å²) in [6, 6.07) is 7.25. The SMILES string of the molecule is CC(CO)C(c1ccc(S(C)(=O)=O)cc1)N1CCCC1. The largest absolute Gasteiger partial charge is 0.396 e. The molecule has 20 heavy (non-hydrogen) atoms. The standard InChI is InChI=1S/C15H23NO3S/c1-12(11-17)15(16-9-3-4-10-16)13-5-7-14(8-6-13)20(2,18)19/h5-8,12,15,17H,3-4,9-11H2,1-2H3. The third kappa shape index (κ3) is 3.40. The lowest BCUT2D eigenvalue weighted by atomic mass is 9.94. The summed E-state index contributed by atoms with van der Waals surface area (Å²) < 4.78 is 23.0.